The number of benzene rings is 1. The van der Waals surface area contributed by atoms with Crippen LogP contribution in [0.5, 0.6) is 0 Å². The minimum atomic E-state index is 0.329. The Balaban J connectivity index is 2.00. The number of piperidine rings is 1. The average Bonchev–Trinajstić information content (AvgIpc) is 2.42. The number of hydrogen-bond acceptors (Lipinski definition) is 2. The molecular weight excluding hydrogens is 232 g/mol. The number of nitrogens with zero attached hydrogens (tertiary/aromatic N) is 1. The topological polar surface area (TPSA) is 29.3 Å². The predicted octanol–water partition coefficient (Wildman–Crippen LogP) is 3.37. The zero-order valence-corrected chi connectivity index (χ0v) is 12.6. The van der Waals surface area contributed by atoms with Crippen molar-refractivity contribution in [3.05, 3.63) is 35.4 Å². The van der Waals surface area contributed by atoms with Crippen molar-refractivity contribution >= 4 is 0 Å². The van der Waals surface area contributed by atoms with Crippen molar-refractivity contribution in [3.63, 3.8) is 0 Å². The Morgan fingerprint density at radius 3 is 2.58 bits per heavy atom. The summed E-state index contributed by atoms with van der Waals surface area (Å²) in [5.74, 6) is 0.662. The Morgan fingerprint density at radius 1 is 1.32 bits per heavy atom. The zero-order valence-electron chi connectivity index (χ0n) is 12.6. The molecule has 1 aromatic carbocycles. The van der Waals surface area contributed by atoms with Crippen LogP contribution in [0.15, 0.2) is 24.3 Å². The van der Waals surface area contributed by atoms with Gasteiger partial charge in [0, 0.05) is 18.6 Å². The van der Waals surface area contributed by atoms with Gasteiger partial charge >= 0.3 is 0 Å². The van der Waals surface area contributed by atoms with Gasteiger partial charge in [0.2, 0.25) is 0 Å². The molecule has 0 radical (unpaired) electrons. The summed E-state index contributed by atoms with van der Waals surface area (Å²) in [5, 5.41) is 0. The number of nitrogens with two attached hydrogens (primary N) is 1. The quantitative estimate of drug-likeness (QED) is 0.899. The van der Waals surface area contributed by atoms with Gasteiger partial charge in [-0.3, -0.25) is 4.90 Å². The summed E-state index contributed by atoms with van der Waals surface area (Å²) in [4.78, 5) is 2.53. The molecule has 2 heteroatoms. The molecule has 0 bridgehead atoms. The van der Waals surface area contributed by atoms with E-state index in [2.05, 4.69) is 49.9 Å². The van der Waals surface area contributed by atoms with Gasteiger partial charge in [-0.25, -0.2) is 0 Å². The summed E-state index contributed by atoms with van der Waals surface area (Å²) in [6.45, 7) is 9.00. The van der Waals surface area contributed by atoms with Gasteiger partial charge in [0.15, 0.2) is 0 Å². The smallest absolute Gasteiger partial charge is 0.0320 e. The van der Waals surface area contributed by atoms with Gasteiger partial charge in [-0.15, -0.1) is 0 Å². The maximum absolute atomic E-state index is 6.21. The number of hydrogen-bond donors (Lipinski definition) is 1. The van der Waals surface area contributed by atoms with Crippen molar-refractivity contribution < 1.29 is 0 Å². The molecule has 1 aliphatic rings. The van der Waals surface area contributed by atoms with Crippen LogP contribution in [0.3, 0.4) is 0 Å². The summed E-state index contributed by atoms with van der Waals surface area (Å²) in [6.07, 6.45) is 3.62. The standard InChI is InChI=1S/C17H28N2/c1-4-5-15-6-8-16(9-7-15)14(3)19-11-10-13(2)17(18)12-19/h6-9,13-14,17H,4-5,10-12,18H2,1-3H3. The number of rotatable bonds is 4. The second kappa shape index (κ2) is 6.53. The predicted molar refractivity (Wildman–Crippen MR) is 82.2 cm³/mol. The molecule has 1 fully saturated rings. The van der Waals surface area contributed by atoms with Crippen molar-refractivity contribution in [3.8, 4) is 0 Å². The highest BCUT2D eigenvalue weighted by atomic mass is 15.2. The molecule has 2 N–H and O–H groups in total. The van der Waals surface area contributed by atoms with Crippen molar-refractivity contribution in [2.75, 3.05) is 13.1 Å². The SMILES string of the molecule is CCCc1ccc(C(C)N2CCC(C)C(N)C2)cc1. The fourth-order valence-electron chi connectivity index (χ4n) is 2.94. The van der Waals surface area contributed by atoms with E-state index in [1.807, 2.05) is 0 Å². The summed E-state index contributed by atoms with van der Waals surface area (Å²) in [6, 6.07) is 9.95. The average molecular weight is 260 g/mol. The Hall–Kier alpha value is -0.860. The molecule has 1 aromatic rings. The van der Waals surface area contributed by atoms with Gasteiger partial charge in [0.1, 0.15) is 0 Å². The Morgan fingerprint density at radius 2 is 2.00 bits per heavy atom. The first-order valence-electron chi connectivity index (χ1n) is 7.70. The van der Waals surface area contributed by atoms with Gasteiger partial charge in [0.25, 0.3) is 0 Å². The van der Waals surface area contributed by atoms with Gasteiger partial charge in [-0.1, -0.05) is 44.5 Å². The molecule has 0 spiro atoms. The lowest BCUT2D eigenvalue weighted by Gasteiger charge is -2.38. The molecule has 0 aliphatic carbocycles. The molecule has 1 saturated heterocycles. The fraction of sp³-hybridized carbons (Fsp3) is 0.647. The minimum absolute atomic E-state index is 0.329. The lowest BCUT2D eigenvalue weighted by molar-refractivity contribution is 0.128. The summed E-state index contributed by atoms with van der Waals surface area (Å²) >= 11 is 0. The highest BCUT2D eigenvalue weighted by Gasteiger charge is 2.26. The second-order valence-electron chi connectivity index (χ2n) is 6.09. The number of aryl methyl sites for hydroxylation is 1. The fourth-order valence-corrected chi connectivity index (χ4v) is 2.94. The van der Waals surface area contributed by atoms with E-state index < -0.39 is 0 Å². The van der Waals surface area contributed by atoms with E-state index in [0.29, 0.717) is 18.0 Å². The third-order valence-corrected chi connectivity index (χ3v) is 4.60. The molecular formula is C17H28N2. The van der Waals surface area contributed by atoms with E-state index in [-0.39, 0.29) is 0 Å². The Labute approximate surface area is 118 Å². The molecule has 3 atom stereocenters. The summed E-state index contributed by atoms with van der Waals surface area (Å²) in [5.41, 5.74) is 9.07. The third kappa shape index (κ3) is 3.58. The van der Waals surface area contributed by atoms with Crippen molar-refractivity contribution in [1.82, 2.24) is 4.90 Å². The van der Waals surface area contributed by atoms with Crippen LogP contribution in [0, 0.1) is 5.92 Å². The van der Waals surface area contributed by atoms with E-state index in [1.54, 1.807) is 0 Å². The number of likely N-dealkylation sites (tertiary alicyclic amines) is 1. The summed E-state index contributed by atoms with van der Waals surface area (Å²) in [7, 11) is 0. The second-order valence-corrected chi connectivity index (χ2v) is 6.09. The third-order valence-electron chi connectivity index (χ3n) is 4.60. The van der Waals surface area contributed by atoms with E-state index in [9.17, 15) is 0 Å². The van der Waals surface area contributed by atoms with Crippen molar-refractivity contribution in [1.29, 1.82) is 0 Å². The van der Waals surface area contributed by atoms with Crippen LogP contribution in [-0.4, -0.2) is 24.0 Å². The summed E-state index contributed by atoms with van der Waals surface area (Å²) < 4.78 is 0. The first-order chi connectivity index (χ1) is 9.11. The van der Waals surface area contributed by atoms with Gasteiger partial charge in [-0.05, 0) is 43.4 Å². The molecule has 0 aromatic heterocycles. The lowest BCUT2D eigenvalue weighted by atomic mass is 9.92. The molecule has 0 amide bonds. The molecule has 106 valence electrons. The molecule has 0 saturated carbocycles. The highest BCUT2D eigenvalue weighted by molar-refractivity contribution is 5.25. The van der Waals surface area contributed by atoms with Crippen molar-refractivity contribution in [2.45, 2.75) is 52.1 Å². The first kappa shape index (κ1) is 14.5. The van der Waals surface area contributed by atoms with Crippen LogP contribution in [0.2, 0.25) is 0 Å². The van der Waals surface area contributed by atoms with E-state index in [4.69, 9.17) is 5.73 Å². The van der Waals surface area contributed by atoms with Gasteiger partial charge in [0.05, 0.1) is 0 Å². The van der Waals surface area contributed by atoms with Crippen LogP contribution in [-0.2, 0) is 6.42 Å². The van der Waals surface area contributed by atoms with Gasteiger partial charge in [-0.2, -0.15) is 0 Å². The molecule has 19 heavy (non-hydrogen) atoms. The zero-order chi connectivity index (χ0) is 13.8. The van der Waals surface area contributed by atoms with Gasteiger partial charge < -0.3 is 5.73 Å². The monoisotopic (exact) mass is 260 g/mol. The van der Waals surface area contributed by atoms with Crippen LogP contribution >= 0.6 is 0 Å². The van der Waals surface area contributed by atoms with E-state index in [1.165, 1.54) is 36.9 Å². The van der Waals surface area contributed by atoms with Crippen LogP contribution in [0.25, 0.3) is 0 Å². The minimum Gasteiger partial charge on any atom is -0.326 e. The molecule has 1 heterocycles. The Kier molecular flexibility index (Phi) is 5.00. The largest absolute Gasteiger partial charge is 0.326 e. The van der Waals surface area contributed by atoms with E-state index in [0.717, 1.165) is 6.54 Å². The maximum Gasteiger partial charge on any atom is 0.0320 e. The van der Waals surface area contributed by atoms with Crippen LogP contribution < -0.4 is 5.73 Å². The highest BCUT2D eigenvalue weighted by Crippen LogP contribution is 2.26. The Bertz CT molecular complexity index is 385. The molecule has 1 aliphatic heterocycles. The molecule has 3 unspecified atom stereocenters. The van der Waals surface area contributed by atoms with Crippen LogP contribution in [0.4, 0.5) is 0 Å². The van der Waals surface area contributed by atoms with E-state index >= 15 is 0 Å². The maximum atomic E-state index is 6.21. The van der Waals surface area contributed by atoms with Crippen LogP contribution in [0.1, 0.15) is 50.8 Å². The molecule has 2 rings (SSSR count). The lowest BCUT2D eigenvalue weighted by Crippen LogP contribution is -2.48. The molecule has 2 nitrogen and oxygen atoms in total. The van der Waals surface area contributed by atoms with Crippen molar-refractivity contribution in [2.24, 2.45) is 11.7 Å². The normalized spacial score (nSPS) is 26.3. The first-order valence-corrected chi connectivity index (χ1v) is 7.70.